The molecule has 0 aliphatic carbocycles. The first-order valence-electron chi connectivity index (χ1n) is 6.21. The SMILES string of the molecule is COc1ccc(NC(=O)NCC(C(=O)O)C(C)C)cn1. The van der Waals surface area contributed by atoms with Gasteiger partial charge in [0.25, 0.3) is 0 Å². The minimum absolute atomic E-state index is 0.0598. The van der Waals surface area contributed by atoms with Gasteiger partial charge >= 0.3 is 12.0 Å². The second-order valence-corrected chi connectivity index (χ2v) is 4.61. The van der Waals surface area contributed by atoms with E-state index in [4.69, 9.17) is 9.84 Å². The molecule has 0 spiro atoms. The highest BCUT2D eigenvalue weighted by molar-refractivity contribution is 5.89. The summed E-state index contributed by atoms with van der Waals surface area (Å²) in [6.45, 7) is 3.67. The van der Waals surface area contributed by atoms with Crippen molar-refractivity contribution in [3.05, 3.63) is 18.3 Å². The number of rotatable bonds is 6. The van der Waals surface area contributed by atoms with Gasteiger partial charge < -0.3 is 20.5 Å². The molecule has 1 aromatic heterocycles. The van der Waals surface area contributed by atoms with Gasteiger partial charge in [-0.05, 0) is 12.0 Å². The summed E-state index contributed by atoms with van der Waals surface area (Å²) >= 11 is 0. The van der Waals surface area contributed by atoms with Gasteiger partial charge in [0.15, 0.2) is 0 Å². The summed E-state index contributed by atoms with van der Waals surface area (Å²) in [5.74, 6) is -1.15. The first-order valence-corrected chi connectivity index (χ1v) is 6.21. The highest BCUT2D eigenvalue weighted by Crippen LogP contribution is 2.12. The zero-order valence-electron chi connectivity index (χ0n) is 11.7. The fraction of sp³-hybridized carbons (Fsp3) is 0.462. The standard InChI is InChI=1S/C13H19N3O4/c1-8(2)10(12(17)18)7-15-13(19)16-9-4-5-11(20-3)14-6-9/h4-6,8,10H,7H2,1-3H3,(H,17,18)(H2,15,16,19). The van der Waals surface area contributed by atoms with Crippen molar-refractivity contribution in [2.75, 3.05) is 19.0 Å². The molecule has 110 valence electrons. The van der Waals surface area contributed by atoms with Crippen LogP contribution in [0.4, 0.5) is 10.5 Å². The van der Waals surface area contributed by atoms with Crippen molar-refractivity contribution in [3.8, 4) is 5.88 Å². The van der Waals surface area contributed by atoms with Crippen LogP contribution in [-0.4, -0.2) is 35.7 Å². The summed E-state index contributed by atoms with van der Waals surface area (Å²) in [5.41, 5.74) is 0.500. The number of hydrogen-bond donors (Lipinski definition) is 3. The van der Waals surface area contributed by atoms with Crippen LogP contribution in [-0.2, 0) is 4.79 Å². The molecule has 0 aromatic carbocycles. The molecule has 0 aliphatic rings. The summed E-state index contributed by atoms with van der Waals surface area (Å²) in [4.78, 5) is 26.6. The number of amides is 2. The number of pyridine rings is 1. The van der Waals surface area contributed by atoms with Crippen molar-refractivity contribution in [2.45, 2.75) is 13.8 Å². The molecule has 0 saturated heterocycles. The largest absolute Gasteiger partial charge is 0.481 e. The van der Waals surface area contributed by atoms with E-state index in [1.165, 1.54) is 13.3 Å². The Bertz CT molecular complexity index is 459. The van der Waals surface area contributed by atoms with Crippen molar-refractivity contribution in [1.82, 2.24) is 10.3 Å². The smallest absolute Gasteiger partial charge is 0.319 e. The topological polar surface area (TPSA) is 101 Å². The van der Waals surface area contributed by atoms with E-state index in [0.717, 1.165) is 0 Å². The fourth-order valence-corrected chi connectivity index (χ4v) is 1.56. The minimum atomic E-state index is -0.925. The molecule has 0 aliphatic heterocycles. The van der Waals surface area contributed by atoms with Gasteiger partial charge in [-0.2, -0.15) is 0 Å². The van der Waals surface area contributed by atoms with Crippen LogP contribution in [0.1, 0.15) is 13.8 Å². The highest BCUT2D eigenvalue weighted by atomic mass is 16.5. The van der Waals surface area contributed by atoms with E-state index in [1.54, 1.807) is 26.0 Å². The maximum atomic E-state index is 11.6. The third-order valence-corrected chi connectivity index (χ3v) is 2.81. The number of carboxylic acid groups (broad SMARTS) is 1. The van der Waals surface area contributed by atoms with Crippen LogP contribution >= 0.6 is 0 Å². The van der Waals surface area contributed by atoms with E-state index < -0.39 is 17.9 Å². The number of hydrogen-bond acceptors (Lipinski definition) is 4. The number of ether oxygens (including phenoxy) is 1. The van der Waals surface area contributed by atoms with Crippen molar-refractivity contribution in [2.24, 2.45) is 11.8 Å². The third-order valence-electron chi connectivity index (χ3n) is 2.81. The van der Waals surface area contributed by atoms with Gasteiger partial charge in [0, 0.05) is 12.6 Å². The van der Waals surface area contributed by atoms with Crippen LogP contribution in [0.15, 0.2) is 18.3 Å². The number of carbonyl (C=O) groups is 2. The Labute approximate surface area is 117 Å². The van der Waals surface area contributed by atoms with Gasteiger partial charge in [-0.25, -0.2) is 9.78 Å². The molecular weight excluding hydrogens is 262 g/mol. The quantitative estimate of drug-likeness (QED) is 0.734. The summed E-state index contributed by atoms with van der Waals surface area (Å²) in [6, 6.07) is 2.79. The van der Waals surface area contributed by atoms with Gasteiger partial charge in [0.05, 0.1) is 24.9 Å². The molecule has 0 saturated carbocycles. The molecule has 7 nitrogen and oxygen atoms in total. The molecule has 0 radical (unpaired) electrons. The molecular formula is C13H19N3O4. The van der Waals surface area contributed by atoms with Gasteiger partial charge in [0.1, 0.15) is 0 Å². The van der Waals surface area contributed by atoms with Crippen molar-refractivity contribution in [1.29, 1.82) is 0 Å². The second kappa shape index (κ2) is 7.32. The maximum Gasteiger partial charge on any atom is 0.319 e. The molecule has 1 rings (SSSR count). The number of aliphatic carboxylic acids is 1. The zero-order chi connectivity index (χ0) is 15.1. The summed E-state index contributed by atoms with van der Waals surface area (Å²) in [7, 11) is 1.50. The van der Waals surface area contributed by atoms with E-state index in [-0.39, 0.29) is 12.5 Å². The Morgan fingerprint density at radius 1 is 1.40 bits per heavy atom. The number of anilines is 1. The highest BCUT2D eigenvalue weighted by Gasteiger charge is 2.21. The lowest BCUT2D eigenvalue weighted by Gasteiger charge is -2.16. The van der Waals surface area contributed by atoms with Gasteiger partial charge in [0.2, 0.25) is 5.88 Å². The van der Waals surface area contributed by atoms with Crippen LogP contribution in [0.5, 0.6) is 5.88 Å². The number of urea groups is 1. The number of methoxy groups -OCH3 is 1. The summed E-state index contributed by atoms with van der Waals surface area (Å²) in [6.07, 6.45) is 1.45. The Morgan fingerprint density at radius 2 is 2.10 bits per heavy atom. The molecule has 0 fully saturated rings. The molecule has 3 N–H and O–H groups in total. The maximum absolute atomic E-state index is 11.6. The molecule has 1 aromatic rings. The molecule has 7 heteroatoms. The normalized spacial score (nSPS) is 11.8. The Balaban J connectivity index is 2.48. The Hall–Kier alpha value is -2.31. The van der Waals surface area contributed by atoms with E-state index in [2.05, 4.69) is 15.6 Å². The summed E-state index contributed by atoms with van der Waals surface area (Å²) in [5, 5.41) is 14.1. The van der Waals surface area contributed by atoms with E-state index >= 15 is 0 Å². The van der Waals surface area contributed by atoms with Crippen LogP contribution in [0.2, 0.25) is 0 Å². The number of carbonyl (C=O) groups excluding carboxylic acids is 1. The lowest BCUT2D eigenvalue weighted by molar-refractivity contribution is -0.142. The average molecular weight is 281 g/mol. The van der Waals surface area contributed by atoms with Crippen LogP contribution in [0, 0.1) is 11.8 Å². The molecule has 1 unspecified atom stereocenters. The van der Waals surface area contributed by atoms with Gasteiger partial charge in [-0.15, -0.1) is 0 Å². The Kier molecular flexibility index (Phi) is 5.76. The predicted molar refractivity (Wildman–Crippen MR) is 73.8 cm³/mol. The lowest BCUT2D eigenvalue weighted by atomic mass is 9.96. The first kappa shape index (κ1) is 15.7. The number of carboxylic acids is 1. The molecule has 0 bridgehead atoms. The van der Waals surface area contributed by atoms with E-state index in [0.29, 0.717) is 11.6 Å². The number of nitrogens with zero attached hydrogens (tertiary/aromatic N) is 1. The van der Waals surface area contributed by atoms with Gasteiger partial charge in [-0.3, -0.25) is 4.79 Å². The Morgan fingerprint density at radius 3 is 2.55 bits per heavy atom. The van der Waals surface area contributed by atoms with Crippen molar-refractivity contribution >= 4 is 17.7 Å². The zero-order valence-corrected chi connectivity index (χ0v) is 11.7. The predicted octanol–water partition coefficient (Wildman–Crippen LogP) is 1.57. The van der Waals surface area contributed by atoms with E-state index in [1.807, 2.05) is 0 Å². The molecule has 1 heterocycles. The van der Waals surface area contributed by atoms with Crippen molar-refractivity contribution in [3.63, 3.8) is 0 Å². The minimum Gasteiger partial charge on any atom is -0.481 e. The van der Waals surface area contributed by atoms with Crippen LogP contribution in [0.3, 0.4) is 0 Å². The first-order chi connectivity index (χ1) is 9.43. The van der Waals surface area contributed by atoms with Crippen molar-refractivity contribution < 1.29 is 19.4 Å². The number of aromatic nitrogens is 1. The van der Waals surface area contributed by atoms with Gasteiger partial charge in [-0.1, -0.05) is 13.8 Å². The third kappa shape index (κ3) is 4.75. The van der Waals surface area contributed by atoms with E-state index in [9.17, 15) is 9.59 Å². The average Bonchev–Trinajstić information content (AvgIpc) is 2.39. The molecule has 20 heavy (non-hydrogen) atoms. The van der Waals surface area contributed by atoms with Crippen LogP contribution < -0.4 is 15.4 Å². The lowest BCUT2D eigenvalue weighted by Crippen LogP contribution is -2.37. The second-order valence-electron chi connectivity index (χ2n) is 4.61. The monoisotopic (exact) mass is 281 g/mol. The fourth-order valence-electron chi connectivity index (χ4n) is 1.56. The number of nitrogens with one attached hydrogen (secondary N) is 2. The van der Waals surface area contributed by atoms with Crippen LogP contribution in [0.25, 0.3) is 0 Å². The summed E-state index contributed by atoms with van der Waals surface area (Å²) < 4.78 is 4.90. The molecule has 2 amide bonds. The molecule has 1 atom stereocenters.